The minimum atomic E-state index is 0.216. The zero-order valence-electron chi connectivity index (χ0n) is 8.52. The van der Waals surface area contributed by atoms with Crippen molar-refractivity contribution >= 4 is 11.8 Å². The number of nitrogens with one attached hydrogen (secondary N) is 2. The van der Waals surface area contributed by atoms with Gasteiger partial charge < -0.3 is 10.4 Å². The number of hydrogen-bond acceptors (Lipinski definition) is 5. The molecular formula is C9H16N4OS. The molecule has 1 aromatic rings. The minimum Gasteiger partial charge on any atom is -0.395 e. The fourth-order valence-corrected chi connectivity index (χ4v) is 2.21. The zero-order chi connectivity index (χ0) is 10.5. The van der Waals surface area contributed by atoms with Crippen LogP contribution < -0.4 is 5.32 Å². The maximum absolute atomic E-state index is 9.15. The molecule has 84 valence electrons. The molecule has 15 heavy (non-hydrogen) atoms. The van der Waals surface area contributed by atoms with E-state index in [9.17, 15) is 0 Å². The lowest BCUT2D eigenvalue weighted by Gasteiger charge is -2.14. The molecule has 1 heterocycles. The van der Waals surface area contributed by atoms with E-state index >= 15 is 0 Å². The van der Waals surface area contributed by atoms with Crippen molar-refractivity contribution in [1.29, 1.82) is 0 Å². The Labute approximate surface area is 93.1 Å². The number of rotatable bonds is 7. The van der Waals surface area contributed by atoms with Crippen molar-refractivity contribution in [3.8, 4) is 0 Å². The molecule has 0 spiro atoms. The van der Waals surface area contributed by atoms with Gasteiger partial charge in [-0.15, -0.1) is 0 Å². The largest absolute Gasteiger partial charge is 0.395 e. The fraction of sp³-hybridized carbons (Fsp3) is 0.778. The van der Waals surface area contributed by atoms with Crippen LogP contribution in [0, 0.1) is 0 Å². The third-order valence-electron chi connectivity index (χ3n) is 2.37. The van der Waals surface area contributed by atoms with Crippen LogP contribution in [0.2, 0.25) is 0 Å². The van der Waals surface area contributed by atoms with Crippen LogP contribution in [-0.2, 0) is 0 Å². The number of thioether (sulfide) groups is 1. The van der Waals surface area contributed by atoms with Crippen molar-refractivity contribution < 1.29 is 5.11 Å². The second-order valence-corrected chi connectivity index (χ2v) is 4.83. The van der Waals surface area contributed by atoms with Gasteiger partial charge in [0.05, 0.1) is 6.61 Å². The van der Waals surface area contributed by atoms with Crippen molar-refractivity contribution in [2.75, 3.05) is 12.4 Å². The SMILES string of the molecule is OCC(CCSc1ncn[nH]1)NC1CC1. The second kappa shape index (κ2) is 5.48. The molecule has 0 amide bonds. The Morgan fingerprint density at radius 1 is 1.67 bits per heavy atom. The average molecular weight is 228 g/mol. The Morgan fingerprint density at radius 3 is 3.13 bits per heavy atom. The van der Waals surface area contributed by atoms with Crippen LogP contribution in [0.5, 0.6) is 0 Å². The van der Waals surface area contributed by atoms with Gasteiger partial charge in [0.15, 0.2) is 5.16 Å². The van der Waals surface area contributed by atoms with Crippen molar-refractivity contribution in [2.45, 2.75) is 36.5 Å². The predicted octanol–water partition coefficient (Wildman–Crippen LogP) is 0.400. The Balaban J connectivity index is 1.62. The highest BCUT2D eigenvalue weighted by Gasteiger charge is 2.23. The molecule has 0 aromatic carbocycles. The summed E-state index contributed by atoms with van der Waals surface area (Å²) in [5, 5.41) is 20.0. The van der Waals surface area contributed by atoms with Gasteiger partial charge in [-0.2, -0.15) is 5.10 Å². The molecule has 6 heteroatoms. The van der Waals surface area contributed by atoms with Gasteiger partial charge in [0.2, 0.25) is 0 Å². The third kappa shape index (κ3) is 3.81. The maximum Gasteiger partial charge on any atom is 0.183 e. The van der Waals surface area contributed by atoms with E-state index in [2.05, 4.69) is 20.5 Å². The van der Waals surface area contributed by atoms with Gasteiger partial charge in [0, 0.05) is 17.8 Å². The number of H-pyrrole nitrogens is 1. The lowest BCUT2D eigenvalue weighted by molar-refractivity contribution is 0.238. The molecule has 1 atom stereocenters. The molecule has 3 N–H and O–H groups in total. The van der Waals surface area contributed by atoms with Crippen LogP contribution in [0.1, 0.15) is 19.3 Å². The summed E-state index contributed by atoms with van der Waals surface area (Å²) < 4.78 is 0. The van der Waals surface area contributed by atoms with Crippen LogP contribution in [0.25, 0.3) is 0 Å². The van der Waals surface area contributed by atoms with E-state index in [-0.39, 0.29) is 12.6 Å². The molecule has 5 nitrogen and oxygen atoms in total. The van der Waals surface area contributed by atoms with E-state index in [4.69, 9.17) is 5.11 Å². The molecule has 0 radical (unpaired) electrons. The number of aliphatic hydroxyl groups excluding tert-OH is 1. The van der Waals surface area contributed by atoms with Gasteiger partial charge in [-0.3, -0.25) is 5.10 Å². The third-order valence-corrected chi connectivity index (χ3v) is 3.28. The molecule has 1 fully saturated rings. The van der Waals surface area contributed by atoms with E-state index in [0.717, 1.165) is 17.3 Å². The van der Waals surface area contributed by atoms with Crippen molar-refractivity contribution in [2.24, 2.45) is 0 Å². The van der Waals surface area contributed by atoms with E-state index in [1.807, 2.05) is 0 Å². The van der Waals surface area contributed by atoms with Gasteiger partial charge in [0.25, 0.3) is 0 Å². The highest BCUT2D eigenvalue weighted by atomic mass is 32.2. The summed E-state index contributed by atoms with van der Waals surface area (Å²) in [6.07, 6.45) is 4.98. The molecule has 0 bridgehead atoms. The number of nitrogens with zero attached hydrogens (tertiary/aromatic N) is 2. The van der Waals surface area contributed by atoms with Gasteiger partial charge in [0.1, 0.15) is 6.33 Å². The Bertz CT molecular complexity index is 276. The Hall–Kier alpha value is -0.590. The quantitative estimate of drug-likeness (QED) is 0.589. The number of hydrogen-bond donors (Lipinski definition) is 3. The molecule has 1 aliphatic carbocycles. The van der Waals surface area contributed by atoms with Crippen LogP contribution >= 0.6 is 11.8 Å². The summed E-state index contributed by atoms with van der Waals surface area (Å²) in [5.74, 6) is 0.945. The van der Waals surface area contributed by atoms with Crippen molar-refractivity contribution in [3.63, 3.8) is 0 Å². The molecule has 1 unspecified atom stereocenters. The standard InChI is InChI=1S/C9H16N4OS/c14-5-8(12-7-1-2-7)3-4-15-9-10-6-11-13-9/h6-8,12,14H,1-5H2,(H,10,11,13). The van der Waals surface area contributed by atoms with Crippen LogP contribution in [0.4, 0.5) is 0 Å². The first-order valence-corrected chi connectivity index (χ1v) is 6.22. The van der Waals surface area contributed by atoms with Crippen LogP contribution in [-0.4, -0.2) is 44.7 Å². The second-order valence-electron chi connectivity index (χ2n) is 3.75. The van der Waals surface area contributed by atoms with E-state index in [1.54, 1.807) is 11.8 Å². The fourth-order valence-electron chi connectivity index (χ4n) is 1.37. The summed E-state index contributed by atoms with van der Waals surface area (Å²) in [6.45, 7) is 0.216. The molecule has 0 saturated heterocycles. The highest BCUT2D eigenvalue weighted by Crippen LogP contribution is 2.20. The summed E-state index contributed by atoms with van der Waals surface area (Å²) in [5.41, 5.74) is 0. The first-order valence-electron chi connectivity index (χ1n) is 5.23. The Morgan fingerprint density at radius 2 is 2.53 bits per heavy atom. The zero-order valence-corrected chi connectivity index (χ0v) is 9.33. The van der Waals surface area contributed by atoms with E-state index < -0.39 is 0 Å². The highest BCUT2D eigenvalue weighted by molar-refractivity contribution is 7.99. The molecule has 0 aliphatic heterocycles. The van der Waals surface area contributed by atoms with Crippen LogP contribution in [0.3, 0.4) is 0 Å². The summed E-state index contributed by atoms with van der Waals surface area (Å²) >= 11 is 1.64. The lowest BCUT2D eigenvalue weighted by Crippen LogP contribution is -2.34. The van der Waals surface area contributed by atoms with Crippen LogP contribution in [0.15, 0.2) is 11.5 Å². The smallest absolute Gasteiger partial charge is 0.183 e. The van der Waals surface area contributed by atoms with Gasteiger partial charge in [-0.05, 0) is 19.3 Å². The summed E-state index contributed by atoms with van der Waals surface area (Å²) in [7, 11) is 0. The average Bonchev–Trinajstić information content (AvgIpc) is 2.91. The van der Waals surface area contributed by atoms with Gasteiger partial charge in [-0.25, -0.2) is 4.98 Å². The van der Waals surface area contributed by atoms with Gasteiger partial charge >= 0.3 is 0 Å². The normalized spacial score (nSPS) is 17.9. The summed E-state index contributed by atoms with van der Waals surface area (Å²) in [6, 6.07) is 0.880. The van der Waals surface area contributed by atoms with Crippen molar-refractivity contribution in [3.05, 3.63) is 6.33 Å². The topological polar surface area (TPSA) is 73.8 Å². The first-order chi connectivity index (χ1) is 7.38. The van der Waals surface area contributed by atoms with Gasteiger partial charge in [-0.1, -0.05) is 11.8 Å². The monoisotopic (exact) mass is 228 g/mol. The molecule has 1 aliphatic rings. The minimum absolute atomic E-state index is 0.216. The first kappa shape index (κ1) is 10.9. The predicted molar refractivity (Wildman–Crippen MR) is 58.8 cm³/mol. The molecule has 2 rings (SSSR count). The summed E-state index contributed by atoms with van der Waals surface area (Å²) in [4.78, 5) is 4.03. The molecular weight excluding hydrogens is 212 g/mol. The van der Waals surface area contributed by atoms with E-state index in [1.165, 1.54) is 19.2 Å². The maximum atomic E-state index is 9.15. The molecule has 1 saturated carbocycles. The number of aliphatic hydroxyl groups is 1. The van der Waals surface area contributed by atoms with Crippen molar-refractivity contribution in [1.82, 2.24) is 20.5 Å². The van der Waals surface area contributed by atoms with E-state index in [0.29, 0.717) is 6.04 Å². The molecule has 1 aromatic heterocycles. The number of aromatic nitrogens is 3. The number of aromatic amines is 1. The lowest BCUT2D eigenvalue weighted by atomic mass is 10.2. The Kier molecular flexibility index (Phi) is 3.99.